The molecule has 0 amide bonds. The predicted molar refractivity (Wildman–Crippen MR) is 103 cm³/mol. The van der Waals surface area contributed by atoms with Gasteiger partial charge in [0.2, 0.25) is 0 Å². The number of rotatable bonds is 5. The van der Waals surface area contributed by atoms with Crippen LogP contribution < -0.4 is 0 Å². The first-order chi connectivity index (χ1) is 5.91. The molecule has 0 aromatic rings. The highest BCUT2D eigenvalue weighted by molar-refractivity contribution is 9.16. The maximum atomic E-state index is 4.91. The van der Waals surface area contributed by atoms with Crippen LogP contribution in [0.15, 0.2) is 4.13 Å². The first-order valence-electron chi connectivity index (χ1n) is 2.73. The maximum absolute atomic E-state index is 4.91. The van der Waals surface area contributed by atoms with Crippen LogP contribution in [-0.4, -0.2) is 0 Å². The Labute approximate surface area is 105 Å². The van der Waals surface area contributed by atoms with E-state index >= 15 is 0 Å². The van der Waals surface area contributed by atoms with Gasteiger partial charge >= 0.3 is 0 Å². The Bertz CT molecular complexity index is 144. The van der Waals surface area contributed by atoms with E-state index in [4.69, 9.17) is 12.4 Å². The summed E-state index contributed by atoms with van der Waals surface area (Å²) in [5.41, 5.74) is 0. The summed E-state index contributed by atoms with van der Waals surface area (Å²) < 4.78 is 4.17. The lowest BCUT2D eigenvalue weighted by Gasteiger charge is -2.31. The molecule has 0 N–H and O–H groups in total. The molecule has 0 radical (unpaired) electrons. The Kier molecular flexibility index (Phi) is 13.2. The van der Waals surface area contributed by atoms with Crippen LogP contribution in [0.3, 0.4) is 0 Å². The highest BCUT2D eigenvalue weighted by atomic mass is 33.2. The molecule has 7 unspecified atom stereocenters. The lowest BCUT2D eigenvalue weighted by Crippen LogP contribution is -1.50. The SMILES string of the molecule is PP(P)P(N=S)P(P(P)P)P(P)P. The van der Waals surface area contributed by atoms with Crippen molar-refractivity contribution in [1.29, 1.82) is 0 Å². The number of hydrogen-bond acceptors (Lipinski definition) is 2. The van der Waals surface area contributed by atoms with Crippen molar-refractivity contribution in [3.8, 4) is 0 Å². The molecule has 0 aliphatic carbocycles. The van der Waals surface area contributed by atoms with Crippen LogP contribution in [0.5, 0.6) is 0 Å². The van der Waals surface area contributed by atoms with Crippen LogP contribution in [-0.2, 0) is 12.4 Å². The molecule has 13 heteroatoms. The van der Waals surface area contributed by atoms with Crippen molar-refractivity contribution in [3.63, 3.8) is 0 Å². The van der Waals surface area contributed by atoms with E-state index in [2.05, 4.69) is 57.7 Å². The molecular weight excluding hydrogens is 387 g/mol. The smallest absolute Gasteiger partial charge is 0.0966 e. The van der Waals surface area contributed by atoms with Gasteiger partial charge in [0.15, 0.2) is 0 Å². The van der Waals surface area contributed by atoms with E-state index in [0.29, 0.717) is 0 Å². The van der Waals surface area contributed by atoms with Gasteiger partial charge in [0.1, 0.15) is 0 Å². The molecule has 1 nitrogen and oxygen atoms in total. The van der Waals surface area contributed by atoms with Crippen LogP contribution in [0.1, 0.15) is 0 Å². The van der Waals surface area contributed by atoms with Crippen LogP contribution in [0.2, 0.25) is 0 Å². The Balaban J connectivity index is 4.58. The van der Waals surface area contributed by atoms with Crippen molar-refractivity contribution in [2.45, 2.75) is 0 Å². The number of nitrogens with zero attached hydrogens (tertiary/aromatic N) is 1. The first kappa shape index (κ1) is 17.8. The van der Waals surface area contributed by atoms with Gasteiger partial charge in [-0.1, -0.05) is 0 Å². The van der Waals surface area contributed by atoms with E-state index in [0.717, 1.165) is 0 Å². The van der Waals surface area contributed by atoms with Gasteiger partial charge in [-0.3, -0.25) is 0 Å². The molecule has 78 valence electrons. The summed E-state index contributed by atoms with van der Waals surface area (Å²) in [6, 6.07) is 0. The van der Waals surface area contributed by atoms with E-state index in [9.17, 15) is 0 Å². The topological polar surface area (TPSA) is 12.4 Å². The lowest BCUT2D eigenvalue weighted by molar-refractivity contribution is 2.10. The van der Waals surface area contributed by atoms with Gasteiger partial charge in [-0.15, -0.1) is 53.6 Å². The minimum Gasteiger partial charge on any atom is -0.185 e. The highest BCUT2D eigenvalue weighted by Gasteiger charge is 2.30. The first-order valence-corrected chi connectivity index (χ1v) is 22.3. The average molecular weight is 399 g/mol. The van der Waals surface area contributed by atoms with Crippen molar-refractivity contribution in [1.82, 2.24) is 0 Å². The third kappa shape index (κ3) is 7.04. The predicted octanol–water partition coefficient (Wildman–Crippen LogP) is 6.44. The van der Waals surface area contributed by atoms with Crippen LogP contribution in [0.25, 0.3) is 0 Å². The summed E-state index contributed by atoms with van der Waals surface area (Å²) in [6.45, 7) is -0.228. The van der Waals surface area contributed by atoms with Gasteiger partial charge in [-0.05, 0) is 21.0 Å². The van der Waals surface area contributed by atoms with Gasteiger partial charge in [0, 0.05) is 19.4 Å². The molecule has 0 aromatic carbocycles. The molecule has 0 aromatic heterocycles. The Morgan fingerprint density at radius 2 is 1.15 bits per heavy atom. The van der Waals surface area contributed by atoms with Gasteiger partial charge in [0.05, 0.1) is 7.45 Å². The second-order valence-corrected chi connectivity index (χ2v) is 42.8. The summed E-state index contributed by atoms with van der Waals surface area (Å²) in [5.74, 6) is 0. The van der Waals surface area contributed by atoms with Crippen LogP contribution in [0.4, 0.5) is 0 Å². The molecule has 7 atom stereocenters. The van der Waals surface area contributed by atoms with Crippen LogP contribution >= 0.6 is 89.0 Å². The average Bonchev–Trinajstić information content (AvgIpc) is 1.97. The lowest BCUT2D eigenvalue weighted by atomic mass is 13.9. The minimum atomic E-state index is -0.290. The summed E-state index contributed by atoms with van der Waals surface area (Å²) in [4.78, 5) is 0. The Morgan fingerprint density at radius 3 is 1.23 bits per heavy atom. The monoisotopic (exact) mass is 399 g/mol. The summed E-state index contributed by atoms with van der Waals surface area (Å²) in [7, 11) is 17.2. The molecule has 0 aliphatic rings. The molecule has 0 spiro atoms. The second kappa shape index (κ2) is 9.65. The molecule has 0 saturated carbocycles. The number of hydrogen-bond donors (Lipinski definition) is 0. The zero-order valence-electron chi connectivity index (χ0n) is 6.56. The summed E-state index contributed by atoms with van der Waals surface area (Å²) in [5, 5.41) is 0. The summed E-state index contributed by atoms with van der Waals surface area (Å²) >= 11 is 4.91. The van der Waals surface area contributed by atoms with Crippen molar-refractivity contribution in [2.24, 2.45) is 4.13 Å². The highest BCUT2D eigenvalue weighted by Crippen LogP contribution is 3.14. The molecule has 0 heterocycles. The molecule has 13 heavy (non-hydrogen) atoms. The van der Waals surface area contributed by atoms with Gasteiger partial charge in [-0.2, -0.15) is 4.13 Å². The van der Waals surface area contributed by atoms with Gasteiger partial charge in [0.25, 0.3) is 0 Å². The second-order valence-electron chi connectivity index (χ2n) is 1.76. The molecule has 0 rings (SSSR count). The molecular formula is H12NP11S. The van der Waals surface area contributed by atoms with E-state index in [-0.39, 0.29) is 35.4 Å². The minimum absolute atomic E-state index is 0.0190. The van der Waals surface area contributed by atoms with E-state index in [1.165, 1.54) is 0 Å². The summed E-state index contributed by atoms with van der Waals surface area (Å²) in [6.07, 6.45) is 0. The van der Waals surface area contributed by atoms with Gasteiger partial charge in [-0.25, -0.2) is 0 Å². The van der Waals surface area contributed by atoms with Gasteiger partial charge < -0.3 is 0 Å². The van der Waals surface area contributed by atoms with Crippen molar-refractivity contribution in [2.75, 3.05) is 0 Å². The zero-order chi connectivity index (χ0) is 10.6. The molecule has 0 bridgehead atoms. The van der Waals surface area contributed by atoms with Crippen molar-refractivity contribution in [3.05, 3.63) is 0 Å². The van der Waals surface area contributed by atoms with E-state index in [1.807, 2.05) is 0 Å². The molecule has 0 aliphatic heterocycles. The van der Waals surface area contributed by atoms with E-state index in [1.54, 1.807) is 0 Å². The molecule has 0 saturated heterocycles. The third-order valence-electron chi connectivity index (χ3n) is 0.853. The van der Waals surface area contributed by atoms with Crippen LogP contribution in [0, 0.1) is 0 Å². The third-order valence-corrected chi connectivity index (χ3v) is 55.2. The van der Waals surface area contributed by atoms with Crippen molar-refractivity contribution < 1.29 is 0 Å². The van der Waals surface area contributed by atoms with Crippen molar-refractivity contribution >= 4 is 101 Å². The largest absolute Gasteiger partial charge is 0.185 e. The standard InChI is InChI=1S/H12NP11S/c2-9(3)8(1-13)12(10(4)5)11(6)7/h2-7H2. The quantitative estimate of drug-likeness (QED) is 0.485. The fourth-order valence-corrected chi connectivity index (χ4v) is 87.4. The fraction of sp³-hybridized carbons (Fsp3) is 0. The normalized spacial score (nSPS) is 14.6. The Hall–Kier alpha value is 4.75. The Morgan fingerprint density at radius 1 is 0.769 bits per heavy atom. The maximum Gasteiger partial charge on any atom is 0.0966 e. The zero-order valence-corrected chi connectivity index (χ0v) is 18.8. The van der Waals surface area contributed by atoms with E-state index < -0.39 is 0 Å². The fourth-order valence-electron chi connectivity index (χ4n) is 0.471. The molecule has 0 fully saturated rings.